The van der Waals surface area contributed by atoms with E-state index in [1.807, 2.05) is 26.0 Å². The third kappa shape index (κ3) is 5.99. The summed E-state index contributed by atoms with van der Waals surface area (Å²) in [7, 11) is -1.37. The zero-order valence-corrected chi connectivity index (χ0v) is 21.8. The van der Waals surface area contributed by atoms with Crippen LogP contribution in [-0.4, -0.2) is 106 Å². The highest BCUT2D eigenvalue weighted by molar-refractivity contribution is 5.85. The molecule has 1 aliphatic carbocycles. The van der Waals surface area contributed by atoms with Crippen molar-refractivity contribution in [3.8, 4) is 0 Å². The number of carbonyl (C=O) groups excluding carboxylic acids is 2. The fraction of sp³-hybridized carbons (Fsp3) is 0.640. The summed E-state index contributed by atoms with van der Waals surface area (Å²) >= 11 is 0. The highest BCUT2D eigenvalue weighted by Crippen LogP contribution is 2.37. The van der Waals surface area contributed by atoms with Gasteiger partial charge in [-0.15, -0.1) is 0 Å². The Hall–Kier alpha value is -3.45. The van der Waals surface area contributed by atoms with Crippen LogP contribution in [-0.2, 0) is 25.5 Å². The Morgan fingerprint density at radius 1 is 1.37 bits per heavy atom. The van der Waals surface area contributed by atoms with E-state index in [1.54, 1.807) is 9.58 Å². The molecule has 38 heavy (non-hydrogen) atoms. The Labute approximate surface area is 225 Å². The molecule has 0 aromatic carbocycles. The van der Waals surface area contributed by atoms with Crippen LogP contribution in [0.15, 0.2) is 12.1 Å². The Morgan fingerprint density at radius 3 is 2.84 bits per heavy atom. The minimum absolute atomic E-state index is 0.0427. The van der Waals surface area contributed by atoms with E-state index in [2.05, 4.69) is 15.0 Å². The number of alkyl carbamates (subject to hydrolysis) is 1. The summed E-state index contributed by atoms with van der Waals surface area (Å²) in [6.07, 6.45) is -0.681. The van der Waals surface area contributed by atoms with Crippen LogP contribution in [0.5, 0.6) is 0 Å². The number of pyridine rings is 1. The number of carboxylic acid groups (broad SMARTS) is 1. The number of fused-ring (bicyclic) bond motifs is 1. The van der Waals surface area contributed by atoms with Gasteiger partial charge in [0.2, 0.25) is 0 Å². The molecule has 3 amide bonds. The fourth-order valence-corrected chi connectivity index (χ4v) is 4.78. The van der Waals surface area contributed by atoms with Crippen LogP contribution in [0.25, 0.3) is 11.0 Å². The first-order chi connectivity index (χ1) is 19.4. The first-order valence-corrected chi connectivity index (χ1v) is 12.6. The smallest absolute Gasteiger partial charge is 0.407 e. The number of hydrogen-bond acceptors (Lipinski definition) is 8. The first kappa shape index (κ1) is 23.7. The number of nitrogens with zero attached hydrogens (tertiary/aromatic N) is 5. The molecular weight excluding hydrogens is 496 g/mol. The maximum Gasteiger partial charge on any atom is 0.407 e. The van der Waals surface area contributed by atoms with Crippen molar-refractivity contribution < 1.29 is 37.8 Å². The minimum Gasteiger partial charge on any atom is -0.465 e. The molecule has 13 heteroatoms. The van der Waals surface area contributed by atoms with Gasteiger partial charge in [0, 0.05) is 37.2 Å². The standard InChI is InChI=1S/C25H36N6O7/c1-15-6-9-19-21(28-30(22(19)27-15)11-5-10-26-24(33)37-4)16(2)31(17-7-8-17)23(32)20-12-29(25(34)35)18(13-36-3)14-38-20/h6,9,16-18,20H,5,7-8,10-14H2,1-4H3,(H,26,33)(H,34,35)/t16-,18+,20-/m1/s1/i3D3. The van der Waals surface area contributed by atoms with Crippen molar-refractivity contribution in [1.82, 2.24) is 29.9 Å². The molecular formula is C25H36N6O7. The molecule has 1 aliphatic heterocycles. The summed E-state index contributed by atoms with van der Waals surface area (Å²) < 4.78 is 38.7. The van der Waals surface area contributed by atoms with Gasteiger partial charge in [0.1, 0.15) is 0 Å². The predicted octanol–water partition coefficient (Wildman–Crippen LogP) is 1.93. The number of amides is 3. The average Bonchev–Trinajstić information content (AvgIpc) is 3.69. The number of aromatic nitrogens is 3. The normalized spacial score (nSPS) is 21.8. The molecule has 0 spiro atoms. The highest BCUT2D eigenvalue weighted by Gasteiger charge is 2.44. The third-order valence-electron chi connectivity index (χ3n) is 6.86. The summed E-state index contributed by atoms with van der Waals surface area (Å²) in [5.41, 5.74) is 2.13. The Balaban J connectivity index is 1.53. The second kappa shape index (κ2) is 11.9. The van der Waals surface area contributed by atoms with Crippen LogP contribution in [0, 0.1) is 6.92 Å². The van der Waals surface area contributed by atoms with Crippen LogP contribution >= 0.6 is 0 Å². The number of carbonyl (C=O) groups is 3. The quantitative estimate of drug-likeness (QED) is 0.435. The van der Waals surface area contributed by atoms with Gasteiger partial charge < -0.3 is 29.5 Å². The maximum absolute atomic E-state index is 13.8. The van der Waals surface area contributed by atoms with Crippen molar-refractivity contribution in [3.05, 3.63) is 23.5 Å². The van der Waals surface area contributed by atoms with E-state index >= 15 is 0 Å². The minimum atomic E-state index is -2.67. The van der Waals surface area contributed by atoms with Crippen LogP contribution in [0.4, 0.5) is 9.59 Å². The van der Waals surface area contributed by atoms with Crippen LogP contribution in [0.3, 0.4) is 0 Å². The molecule has 13 nitrogen and oxygen atoms in total. The molecule has 208 valence electrons. The maximum atomic E-state index is 13.8. The Kier molecular flexibility index (Phi) is 7.43. The number of aryl methyl sites for hydroxylation is 2. The predicted molar refractivity (Wildman–Crippen MR) is 136 cm³/mol. The second-order valence-electron chi connectivity index (χ2n) is 9.58. The number of hydrogen-bond donors (Lipinski definition) is 2. The molecule has 3 heterocycles. The number of methoxy groups -OCH3 is 2. The van der Waals surface area contributed by atoms with Crippen molar-refractivity contribution in [1.29, 1.82) is 0 Å². The molecule has 3 atom stereocenters. The molecule has 4 rings (SSSR count). The van der Waals surface area contributed by atoms with Crippen molar-refractivity contribution >= 4 is 29.1 Å². The van der Waals surface area contributed by atoms with Gasteiger partial charge in [-0.25, -0.2) is 19.3 Å². The number of morpholine rings is 1. The van der Waals surface area contributed by atoms with Gasteiger partial charge in [-0.3, -0.25) is 9.69 Å². The fourth-order valence-electron chi connectivity index (χ4n) is 4.78. The van der Waals surface area contributed by atoms with Gasteiger partial charge in [-0.2, -0.15) is 5.10 Å². The molecule has 0 bridgehead atoms. The summed E-state index contributed by atoms with van der Waals surface area (Å²) in [4.78, 5) is 44.6. The van der Waals surface area contributed by atoms with Crippen molar-refractivity contribution in [2.75, 3.05) is 40.5 Å². The van der Waals surface area contributed by atoms with Gasteiger partial charge in [0.05, 0.1) is 48.8 Å². The number of ether oxygens (including phenoxy) is 3. The van der Waals surface area contributed by atoms with E-state index in [0.717, 1.165) is 28.8 Å². The molecule has 2 N–H and O–H groups in total. The molecule has 2 aromatic heterocycles. The zero-order valence-electron chi connectivity index (χ0n) is 24.8. The van der Waals surface area contributed by atoms with Gasteiger partial charge in [0.15, 0.2) is 11.8 Å². The summed E-state index contributed by atoms with van der Waals surface area (Å²) in [6, 6.07) is 2.44. The van der Waals surface area contributed by atoms with Crippen molar-refractivity contribution in [2.24, 2.45) is 0 Å². The molecule has 0 radical (unpaired) electrons. The van der Waals surface area contributed by atoms with Gasteiger partial charge >= 0.3 is 12.2 Å². The number of nitrogens with one attached hydrogen (secondary N) is 1. The lowest BCUT2D eigenvalue weighted by Crippen LogP contribution is -2.58. The largest absolute Gasteiger partial charge is 0.465 e. The van der Waals surface area contributed by atoms with Gasteiger partial charge in [-0.05, 0) is 45.2 Å². The average molecular weight is 536 g/mol. The monoisotopic (exact) mass is 535 g/mol. The van der Waals surface area contributed by atoms with Crippen molar-refractivity contribution in [2.45, 2.75) is 63.9 Å². The molecule has 2 aliphatic rings. The summed E-state index contributed by atoms with van der Waals surface area (Å²) in [6.45, 7) is 3.82. The molecule has 1 saturated heterocycles. The first-order valence-electron chi connectivity index (χ1n) is 14.1. The van der Waals surface area contributed by atoms with E-state index in [-0.39, 0.29) is 31.7 Å². The zero-order chi connectivity index (χ0) is 29.9. The lowest BCUT2D eigenvalue weighted by molar-refractivity contribution is -0.155. The SMILES string of the molecule is [2H]C([2H])([2H])OC[C@H]1CO[C@@H](C(=O)N(C2CC2)[C@H](C)c2nn(CCCNC(=O)OC)c3nc(C)ccc23)CN1C(=O)O. The van der Waals surface area contributed by atoms with Crippen LogP contribution in [0.1, 0.15) is 47.7 Å². The topological polar surface area (TPSA) is 148 Å². The van der Waals surface area contributed by atoms with E-state index in [1.165, 1.54) is 7.11 Å². The van der Waals surface area contributed by atoms with Gasteiger partial charge in [0.25, 0.3) is 5.91 Å². The van der Waals surface area contributed by atoms with Crippen LogP contribution < -0.4 is 5.32 Å². The van der Waals surface area contributed by atoms with Crippen molar-refractivity contribution in [3.63, 3.8) is 0 Å². The second-order valence-corrected chi connectivity index (χ2v) is 9.58. The third-order valence-corrected chi connectivity index (χ3v) is 6.86. The lowest BCUT2D eigenvalue weighted by Gasteiger charge is -2.39. The lowest BCUT2D eigenvalue weighted by atomic mass is 10.1. The molecule has 2 fully saturated rings. The summed E-state index contributed by atoms with van der Waals surface area (Å²) in [5, 5.41) is 18.0. The Morgan fingerprint density at radius 2 is 2.16 bits per heavy atom. The van der Waals surface area contributed by atoms with E-state index < -0.39 is 37.4 Å². The van der Waals surface area contributed by atoms with E-state index in [0.29, 0.717) is 30.9 Å². The summed E-state index contributed by atoms with van der Waals surface area (Å²) in [5.74, 6) is -0.355. The van der Waals surface area contributed by atoms with Gasteiger partial charge in [-0.1, -0.05) is 0 Å². The van der Waals surface area contributed by atoms with Crippen LogP contribution in [0.2, 0.25) is 0 Å². The number of rotatable bonds is 10. The highest BCUT2D eigenvalue weighted by atomic mass is 16.5. The van der Waals surface area contributed by atoms with E-state index in [4.69, 9.17) is 18.7 Å². The molecule has 1 saturated carbocycles. The van der Waals surface area contributed by atoms with E-state index in [9.17, 15) is 19.5 Å². The Bertz CT molecular complexity index is 1270. The molecule has 2 aromatic rings. The molecule has 0 unspecified atom stereocenters.